The third-order valence-corrected chi connectivity index (χ3v) is 6.22. The number of carbonyl (C=O) groups excluding carboxylic acids is 1. The van der Waals surface area contributed by atoms with E-state index in [4.69, 9.17) is 20.2 Å². The number of piperidine rings is 1. The van der Waals surface area contributed by atoms with Crippen LogP contribution < -0.4 is 10.5 Å². The third-order valence-electron chi connectivity index (χ3n) is 6.22. The van der Waals surface area contributed by atoms with E-state index in [-0.39, 0.29) is 11.6 Å². The molecule has 2 aliphatic rings. The van der Waals surface area contributed by atoms with Gasteiger partial charge in [0, 0.05) is 19.6 Å². The second-order valence-electron chi connectivity index (χ2n) is 8.06. The number of rotatable bonds is 5. The van der Waals surface area contributed by atoms with E-state index < -0.39 is 0 Å². The molecule has 0 aromatic heterocycles. The zero-order valence-electron chi connectivity index (χ0n) is 18.7. The maximum Gasteiger partial charge on any atom is 0.409 e. The molecule has 0 aliphatic carbocycles. The minimum atomic E-state index is -0.372. The van der Waals surface area contributed by atoms with Gasteiger partial charge >= 0.3 is 6.09 Å². The second kappa shape index (κ2) is 9.34. The molecule has 4 rings (SSSR count). The molecule has 2 heterocycles. The van der Waals surface area contributed by atoms with Gasteiger partial charge < -0.3 is 25.0 Å². The monoisotopic (exact) mass is 434 g/mol. The Balaban J connectivity index is 1.64. The summed E-state index contributed by atoms with van der Waals surface area (Å²) >= 11 is 0. The van der Waals surface area contributed by atoms with Crippen molar-refractivity contribution in [3.8, 4) is 5.75 Å². The highest BCUT2D eigenvalue weighted by atomic mass is 16.6. The number of aliphatic imine (C=N–C) groups is 1. The Labute approximate surface area is 189 Å². The van der Waals surface area contributed by atoms with Gasteiger partial charge in [0.2, 0.25) is 0 Å². The van der Waals surface area contributed by atoms with E-state index in [9.17, 15) is 4.79 Å². The molecule has 7 heteroatoms. The lowest BCUT2D eigenvalue weighted by molar-refractivity contribution is 0.0683. The van der Waals surface area contributed by atoms with Crippen molar-refractivity contribution >= 4 is 18.1 Å². The molecule has 1 saturated heterocycles. The second-order valence-corrected chi connectivity index (χ2v) is 8.06. The minimum Gasteiger partial charge on any atom is -0.497 e. The smallest absolute Gasteiger partial charge is 0.409 e. The van der Waals surface area contributed by atoms with E-state index in [1.54, 1.807) is 12.0 Å². The van der Waals surface area contributed by atoms with Gasteiger partial charge in [-0.15, -0.1) is 0 Å². The average molecular weight is 435 g/mol. The van der Waals surface area contributed by atoms with Gasteiger partial charge in [-0.25, -0.2) is 9.79 Å². The van der Waals surface area contributed by atoms with Crippen LogP contribution in [0.15, 0.2) is 65.3 Å². The average Bonchev–Trinajstić information content (AvgIpc) is 3.06. The highest BCUT2D eigenvalue weighted by Crippen LogP contribution is 2.42. The van der Waals surface area contributed by atoms with Gasteiger partial charge in [-0.2, -0.15) is 0 Å². The molecule has 1 amide bonds. The van der Waals surface area contributed by atoms with Gasteiger partial charge in [0.1, 0.15) is 5.75 Å². The minimum absolute atomic E-state index is 0.260. The topological polar surface area (TPSA) is 80.4 Å². The summed E-state index contributed by atoms with van der Waals surface area (Å²) in [4.78, 5) is 21.0. The number of ether oxygens (including phenoxy) is 2. The van der Waals surface area contributed by atoms with Crippen LogP contribution in [0.4, 0.5) is 4.79 Å². The van der Waals surface area contributed by atoms with E-state index in [0.29, 0.717) is 32.2 Å². The summed E-state index contributed by atoms with van der Waals surface area (Å²) in [5.41, 5.74) is 9.25. The maximum absolute atomic E-state index is 12.3. The first-order valence-electron chi connectivity index (χ1n) is 11.0. The molecule has 0 unspecified atom stereocenters. The lowest BCUT2D eigenvalue weighted by Gasteiger charge is -2.45. The highest BCUT2D eigenvalue weighted by Gasteiger charge is 2.48. The first-order valence-corrected chi connectivity index (χ1v) is 11.0. The summed E-state index contributed by atoms with van der Waals surface area (Å²) in [5.74, 6) is 1.33. The Morgan fingerprint density at radius 2 is 1.81 bits per heavy atom. The van der Waals surface area contributed by atoms with Crippen molar-refractivity contribution in [3.63, 3.8) is 0 Å². The van der Waals surface area contributed by atoms with Crippen LogP contribution in [0, 0.1) is 0 Å². The molecule has 2 aromatic carbocycles. The van der Waals surface area contributed by atoms with Crippen molar-refractivity contribution in [2.75, 3.05) is 26.8 Å². The molecule has 1 fully saturated rings. The summed E-state index contributed by atoms with van der Waals surface area (Å²) in [6.07, 6.45) is 3.31. The molecule has 0 saturated carbocycles. The Bertz CT molecular complexity index is 994. The van der Waals surface area contributed by atoms with E-state index in [0.717, 1.165) is 35.4 Å². The number of benzene rings is 2. The third kappa shape index (κ3) is 4.28. The Hall–Kier alpha value is -3.48. The quantitative estimate of drug-likeness (QED) is 0.773. The summed E-state index contributed by atoms with van der Waals surface area (Å²) in [6, 6.07) is 18.2. The van der Waals surface area contributed by atoms with Crippen LogP contribution in [0.2, 0.25) is 0 Å². The van der Waals surface area contributed by atoms with E-state index in [1.807, 2.05) is 49.4 Å². The molecule has 2 N–H and O–H groups in total. The SMILES string of the molecule is CCOC(=O)N1CCC2(CC1)/C(=C/c1ccccc1)N=C(N)N2Cc1ccc(OC)cc1. The van der Waals surface area contributed by atoms with Crippen molar-refractivity contribution in [2.24, 2.45) is 10.7 Å². The standard InChI is InChI=1S/C25H30N4O3/c1-3-32-24(30)28-15-13-25(14-16-28)22(17-19-7-5-4-6-8-19)27-23(26)29(25)18-20-9-11-21(31-2)12-10-20/h4-12,17H,3,13-16,18H2,1-2H3,(H2,26,27)/b22-17-. The Morgan fingerprint density at radius 1 is 1.12 bits per heavy atom. The Kier molecular flexibility index (Phi) is 6.35. The number of methoxy groups -OCH3 is 1. The number of hydrogen-bond acceptors (Lipinski definition) is 6. The van der Waals surface area contributed by atoms with Crippen LogP contribution in [-0.2, 0) is 11.3 Å². The predicted molar refractivity (Wildman–Crippen MR) is 125 cm³/mol. The van der Waals surface area contributed by atoms with Crippen molar-refractivity contribution in [1.29, 1.82) is 0 Å². The van der Waals surface area contributed by atoms with Crippen molar-refractivity contribution in [3.05, 3.63) is 71.4 Å². The molecule has 0 radical (unpaired) electrons. The molecular formula is C25H30N4O3. The van der Waals surface area contributed by atoms with Crippen LogP contribution in [0.3, 0.4) is 0 Å². The lowest BCUT2D eigenvalue weighted by Crippen LogP contribution is -2.56. The highest BCUT2D eigenvalue weighted by molar-refractivity contribution is 5.85. The molecule has 1 spiro atoms. The van der Waals surface area contributed by atoms with Crippen LogP contribution in [0.5, 0.6) is 5.75 Å². The summed E-state index contributed by atoms with van der Waals surface area (Å²) in [7, 11) is 1.66. The lowest BCUT2D eigenvalue weighted by atomic mass is 9.82. The van der Waals surface area contributed by atoms with Gasteiger partial charge in [0.25, 0.3) is 0 Å². The molecule has 0 bridgehead atoms. The number of amides is 1. The van der Waals surface area contributed by atoms with Gasteiger partial charge in [-0.3, -0.25) is 0 Å². The zero-order chi connectivity index (χ0) is 22.6. The number of guanidine groups is 1. The number of nitrogens with two attached hydrogens (primary N) is 1. The summed E-state index contributed by atoms with van der Waals surface area (Å²) < 4.78 is 10.5. The van der Waals surface area contributed by atoms with Crippen LogP contribution >= 0.6 is 0 Å². The van der Waals surface area contributed by atoms with Crippen LogP contribution in [-0.4, -0.2) is 54.2 Å². The summed E-state index contributed by atoms with van der Waals surface area (Å²) in [5, 5.41) is 0. The number of likely N-dealkylation sites (tertiary alicyclic amines) is 1. The fourth-order valence-corrected chi connectivity index (χ4v) is 4.46. The number of carbonyl (C=O) groups is 1. The number of nitrogens with zero attached hydrogens (tertiary/aromatic N) is 3. The molecule has 0 atom stereocenters. The summed E-state index contributed by atoms with van der Waals surface area (Å²) in [6.45, 7) is 4.01. The maximum atomic E-state index is 12.3. The van der Waals surface area contributed by atoms with E-state index in [2.05, 4.69) is 23.1 Å². The normalized spacial score (nSPS) is 18.7. The zero-order valence-corrected chi connectivity index (χ0v) is 18.7. The first kappa shape index (κ1) is 21.7. The first-order chi connectivity index (χ1) is 15.6. The van der Waals surface area contributed by atoms with E-state index >= 15 is 0 Å². The van der Waals surface area contributed by atoms with Gasteiger partial charge in [0.15, 0.2) is 5.96 Å². The molecule has 2 aliphatic heterocycles. The van der Waals surface area contributed by atoms with Crippen LogP contribution in [0.1, 0.15) is 30.9 Å². The largest absolute Gasteiger partial charge is 0.497 e. The van der Waals surface area contributed by atoms with Crippen LogP contribution in [0.25, 0.3) is 6.08 Å². The van der Waals surface area contributed by atoms with Crippen molar-refractivity contribution < 1.29 is 14.3 Å². The molecule has 7 nitrogen and oxygen atoms in total. The van der Waals surface area contributed by atoms with Crippen molar-refractivity contribution in [1.82, 2.24) is 9.80 Å². The molecule has 32 heavy (non-hydrogen) atoms. The van der Waals surface area contributed by atoms with Gasteiger partial charge in [-0.1, -0.05) is 42.5 Å². The number of hydrogen-bond donors (Lipinski definition) is 1. The molecular weight excluding hydrogens is 404 g/mol. The predicted octanol–water partition coefficient (Wildman–Crippen LogP) is 3.86. The molecule has 168 valence electrons. The van der Waals surface area contributed by atoms with Crippen molar-refractivity contribution in [2.45, 2.75) is 31.8 Å². The van der Waals surface area contributed by atoms with Gasteiger partial charge in [0.05, 0.1) is 25.0 Å². The van der Waals surface area contributed by atoms with Gasteiger partial charge in [-0.05, 0) is 49.1 Å². The Morgan fingerprint density at radius 3 is 2.44 bits per heavy atom. The van der Waals surface area contributed by atoms with E-state index in [1.165, 1.54) is 0 Å². The fraction of sp³-hybridized carbons (Fsp3) is 0.360. The fourth-order valence-electron chi connectivity index (χ4n) is 4.46. The molecule has 2 aromatic rings.